The summed E-state index contributed by atoms with van der Waals surface area (Å²) in [5.41, 5.74) is 0.0948. The molecule has 0 unspecified atom stereocenters. The number of aromatic amines is 1. The Balaban J connectivity index is 1.73. The van der Waals surface area contributed by atoms with Gasteiger partial charge in [0.2, 0.25) is 10.0 Å². The van der Waals surface area contributed by atoms with Crippen LogP contribution in [-0.4, -0.2) is 41.9 Å². The average Bonchev–Trinajstić information content (AvgIpc) is 2.62. The Morgan fingerprint density at radius 2 is 1.74 bits per heavy atom. The van der Waals surface area contributed by atoms with E-state index in [2.05, 4.69) is 29.4 Å². The van der Waals surface area contributed by atoms with Crippen molar-refractivity contribution < 1.29 is 13.2 Å². The van der Waals surface area contributed by atoms with Gasteiger partial charge in [0.25, 0.3) is 11.5 Å². The lowest BCUT2D eigenvalue weighted by Gasteiger charge is -2.34. The van der Waals surface area contributed by atoms with Crippen LogP contribution in [0.15, 0.2) is 46.1 Å². The highest BCUT2D eigenvalue weighted by Crippen LogP contribution is 2.27. The summed E-state index contributed by atoms with van der Waals surface area (Å²) < 4.78 is 27.3. The molecule has 0 aliphatic carbocycles. The predicted molar refractivity (Wildman–Crippen MR) is 101 cm³/mol. The molecular formula is C18H22N4O4S. The number of anilines is 1. The molecule has 144 valence electrons. The van der Waals surface area contributed by atoms with Crippen molar-refractivity contribution in [3.63, 3.8) is 0 Å². The number of rotatable bonds is 4. The first-order valence-corrected chi connectivity index (χ1v) is 10.2. The zero-order valence-corrected chi connectivity index (χ0v) is 16.0. The molecule has 1 aliphatic rings. The number of hydrogen-bond donors (Lipinski definition) is 2. The number of nitrogens with one attached hydrogen (secondary N) is 2. The van der Waals surface area contributed by atoms with E-state index in [1.165, 1.54) is 40.7 Å². The van der Waals surface area contributed by atoms with Gasteiger partial charge >= 0.3 is 0 Å². The van der Waals surface area contributed by atoms with Gasteiger partial charge in [-0.2, -0.15) is 9.40 Å². The fourth-order valence-corrected chi connectivity index (χ4v) is 5.01. The Bertz CT molecular complexity index is 955. The van der Waals surface area contributed by atoms with Crippen LogP contribution in [0.5, 0.6) is 0 Å². The summed E-state index contributed by atoms with van der Waals surface area (Å²) in [5.74, 6) is 0.152. The van der Waals surface area contributed by atoms with Crippen molar-refractivity contribution in [1.82, 2.24) is 14.5 Å². The van der Waals surface area contributed by atoms with Gasteiger partial charge in [0, 0.05) is 24.8 Å². The molecule has 0 bridgehead atoms. The lowest BCUT2D eigenvalue weighted by Crippen LogP contribution is -2.42. The van der Waals surface area contributed by atoms with E-state index in [0.717, 1.165) is 6.42 Å². The normalized spacial score (nSPS) is 21.0. The molecule has 1 amide bonds. The highest BCUT2D eigenvalue weighted by atomic mass is 32.2. The maximum absolute atomic E-state index is 12.9. The standard InChI is InChI=1S/C18H22N4O4S/c1-12-9-13(2)11-22(10-12)27(25,26)15-5-3-14(4-6-15)19-18(24)16-7-8-17(23)21-20-16/h3-8,12-13H,9-11H2,1-2H3,(H,19,24)(H,21,23)/t12-,13+. The second-order valence-corrected chi connectivity index (χ2v) is 8.99. The minimum Gasteiger partial charge on any atom is -0.321 e. The molecule has 0 radical (unpaired) electrons. The van der Waals surface area contributed by atoms with Crippen molar-refractivity contribution in [3.05, 3.63) is 52.4 Å². The fraction of sp³-hybridized carbons (Fsp3) is 0.389. The number of H-pyrrole nitrogens is 1. The molecule has 1 aromatic heterocycles. The molecule has 0 spiro atoms. The van der Waals surface area contributed by atoms with E-state index in [-0.39, 0.29) is 10.6 Å². The van der Waals surface area contributed by atoms with Gasteiger partial charge in [0.15, 0.2) is 0 Å². The van der Waals surface area contributed by atoms with Gasteiger partial charge in [-0.25, -0.2) is 13.5 Å². The zero-order valence-electron chi connectivity index (χ0n) is 15.2. The van der Waals surface area contributed by atoms with Crippen molar-refractivity contribution in [2.75, 3.05) is 18.4 Å². The van der Waals surface area contributed by atoms with Gasteiger partial charge in [-0.05, 0) is 48.6 Å². The van der Waals surface area contributed by atoms with Crippen molar-refractivity contribution >= 4 is 21.6 Å². The second-order valence-electron chi connectivity index (χ2n) is 7.05. The van der Waals surface area contributed by atoms with Crippen LogP contribution in [-0.2, 0) is 10.0 Å². The lowest BCUT2D eigenvalue weighted by atomic mass is 9.94. The zero-order chi connectivity index (χ0) is 19.6. The third kappa shape index (κ3) is 4.42. The summed E-state index contributed by atoms with van der Waals surface area (Å²) >= 11 is 0. The monoisotopic (exact) mass is 390 g/mol. The summed E-state index contributed by atoms with van der Waals surface area (Å²) in [7, 11) is -3.56. The molecule has 0 saturated carbocycles. The third-order valence-corrected chi connectivity index (χ3v) is 6.34. The number of hydrogen-bond acceptors (Lipinski definition) is 5. The number of nitrogens with zero attached hydrogens (tertiary/aromatic N) is 2. The minimum absolute atomic E-state index is 0.0580. The van der Waals surface area contributed by atoms with Gasteiger partial charge in [0.1, 0.15) is 5.69 Å². The van der Waals surface area contributed by atoms with E-state index in [4.69, 9.17) is 0 Å². The summed E-state index contributed by atoms with van der Waals surface area (Å²) in [6, 6.07) is 8.55. The Labute approximate surface area is 157 Å². The fourth-order valence-electron chi connectivity index (χ4n) is 3.33. The van der Waals surface area contributed by atoms with Crippen LogP contribution in [0.1, 0.15) is 30.8 Å². The first kappa shape index (κ1) is 19.2. The van der Waals surface area contributed by atoms with Crippen LogP contribution in [0.2, 0.25) is 0 Å². The molecule has 1 aromatic carbocycles. The van der Waals surface area contributed by atoms with E-state index in [1.807, 2.05) is 0 Å². The summed E-state index contributed by atoms with van der Waals surface area (Å²) in [5, 5.41) is 8.46. The number of aromatic nitrogens is 2. The molecule has 2 atom stereocenters. The second kappa shape index (κ2) is 7.61. The smallest absolute Gasteiger partial charge is 0.276 e. The van der Waals surface area contributed by atoms with Crippen LogP contribution in [0.3, 0.4) is 0 Å². The van der Waals surface area contributed by atoms with Crippen LogP contribution < -0.4 is 10.9 Å². The molecule has 2 heterocycles. The number of benzene rings is 1. The first-order valence-electron chi connectivity index (χ1n) is 8.73. The molecule has 2 N–H and O–H groups in total. The molecule has 8 nitrogen and oxygen atoms in total. The summed E-state index contributed by atoms with van der Waals surface area (Å²) in [4.78, 5) is 23.3. The molecule has 1 aliphatic heterocycles. The molecule has 27 heavy (non-hydrogen) atoms. The van der Waals surface area contributed by atoms with Crippen LogP contribution in [0, 0.1) is 11.8 Å². The van der Waals surface area contributed by atoms with Crippen LogP contribution >= 0.6 is 0 Å². The van der Waals surface area contributed by atoms with E-state index >= 15 is 0 Å². The molecular weight excluding hydrogens is 368 g/mol. The Kier molecular flexibility index (Phi) is 5.43. The highest BCUT2D eigenvalue weighted by Gasteiger charge is 2.31. The van der Waals surface area contributed by atoms with Crippen LogP contribution in [0.25, 0.3) is 0 Å². The quantitative estimate of drug-likeness (QED) is 0.825. The average molecular weight is 390 g/mol. The predicted octanol–water partition coefficient (Wildman–Crippen LogP) is 1.69. The van der Waals surface area contributed by atoms with Gasteiger partial charge in [-0.15, -0.1) is 0 Å². The molecule has 1 fully saturated rings. The van der Waals surface area contributed by atoms with Gasteiger partial charge in [0.05, 0.1) is 4.90 Å². The maximum Gasteiger partial charge on any atom is 0.276 e. The van der Waals surface area contributed by atoms with E-state index < -0.39 is 21.5 Å². The maximum atomic E-state index is 12.9. The Morgan fingerprint density at radius 1 is 1.11 bits per heavy atom. The molecule has 9 heteroatoms. The van der Waals surface area contributed by atoms with E-state index in [1.54, 1.807) is 0 Å². The summed E-state index contributed by atoms with van der Waals surface area (Å²) in [6.45, 7) is 5.15. The topological polar surface area (TPSA) is 112 Å². The number of sulfonamides is 1. The molecule has 3 rings (SSSR count). The van der Waals surface area contributed by atoms with Crippen molar-refractivity contribution in [3.8, 4) is 0 Å². The molecule has 1 saturated heterocycles. The summed E-state index contributed by atoms with van der Waals surface area (Å²) in [6.07, 6.45) is 1.02. The lowest BCUT2D eigenvalue weighted by molar-refractivity contribution is 0.102. The van der Waals surface area contributed by atoms with Gasteiger partial charge < -0.3 is 5.32 Å². The number of carbonyl (C=O) groups is 1. The Hall–Kier alpha value is -2.52. The number of piperidine rings is 1. The van der Waals surface area contributed by atoms with E-state index in [0.29, 0.717) is 30.6 Å². The molecule has 2 aromatic rings. The van der Waals surface area contributed by atoms with Crippen molar-refractivity contribution in [2.45, 2.75) is 25.2 Å². The van der Waals surface area contributed by atoms with Crippen molar-refractivity contribution in [2.24, 2.45) is 11.8 Å². The van der Waals surface area contributed by atoms with Gasteiger partial charge in [-0.1, -0.05) is 13.8 Å². The van der Waals surface area contributed by atoms with Gasteiger partial charge in [-0.3, -0.25) is 9.59 Å². The van der Waals surface area contributed by atoms with E-state index in [9.17, 15) is 18.0 Å². The van der Waals surface area contributed by atoms with Crippen LogP contribution in [0.4, 0.5) is 5.69 Å². The first-order chi connectivity index (χ1) is 12.8. The SMILES string of the molecule is C[C@@H]1C[C@H](C)CN(S(=O)(=O)c2ccc(NC(=O)c3ccc(=O)[nH]n3)cc2)C1. The Morgan fingerprint density at radius 3 is 2.30 bits per heavy atom. The number of carbonyl (C=O) groups excluding carboxylic acids is 1. The number of amides is 1. The minimum atomic E-state index is -3.56. The largest absolute Gasteiger partial charge is 0.321 e. The third-order valence-electron chi connectivity index (χ3n) is 4.50. The van der Waals surface area contributed by atoms with Crippen molar-refractivity contribution in [1.29, 1.82) is 0 Å². The highest BCUT2D eigenvalue weighted by molar-refractivity contribution is 7.89.